The summed E-state index contributed by atoms with van der Waals surface area (Å²) in [6, 6.07) is 3.94. The van der Waals surface area contributed by atoms with Gasteiger partial charge in [-0.25, -0.2) is 0 Å². The van der Waals surface area contributed by atoms with Crippen LogP contribution >= 0.6 is 7.37 Å². The van der Waals surface area contributed by atoms with E-state index in [4.69, 9.17) is 4.74 Å². The molecule has 0 spiro atoms. The summed E-state index contributed by atoms with van der Waals surface area (Å²) in [7, 11) is -4.12. The minimum absolute atomic E-state index is 0.0190. The third kappa shape index (κ3) is 5.47. The minimum Gasteiger partial charge on any atom is -0.378 e. The molecule has 1 aromatic carbocycles. The Morgan fingerprint density at radius 3 is 2.70 bits per heavy atom. The van der Waals surface area contributed by atoms with Crippen LogP contribution in [0.25, 0.3) is 0 Å². The zero-order valence-electron chi connectivity index (χ0n) is 14.5. The Labute approximate surface area is 155 Å². The van der Waals surface area contributed by atoms with Crippen molar-refractivity contribution >= 4 is 24.7 Å². The maximum atomic E-state index is 12.4. The molecule has 1 fully saturated rings. The highest BCUT2D eigenvalue weighted by Crippen LogP contribution is 2.55. The predicted octanol–water partition coefficient (Wildman–Crippen LogP) is 0.890. The fourth-order valence-corrected chi connectivity index (χ4v) is 4.27. The van der Waals surface area contributed by atoms with Gasteiger partial charge in [0.2, 0.25) is 7.37 Å². The molecule has 0 amide bonds. The van der Waals surface area contributed by atoms with Gasteiger partial charge in [0.1, 0.15) is 5.69 Å². The van der Waals surface area contributed by atoms with Crippen molar-refractivity contribution in [1.29, 1.82) is 0 Å². The second-order valence-electron chi connectivity index (χ2n) is 6.05. The summed E-state index contributed by atoms with van der Waals surface area (Å²) in [4.78, 5) is 37.7. The van der Waals surface area contributed by atoms with Gasteiger partial charge in [-0.3, -0.25) is 19.5 Å². The van der Waals surface area contributed by atoms with Crippen molar-refractivity contribution in [2.24, 2.45) is 5.90 Å². The van der Waals surface area contributed by atoms with Crippen molar-refractivity contribution in [3.05, 3.63) is 33.9 Å². The number of nitrogens with zero attached hydrogens (tertiary/aromatic N) is 2. The number of hydrogen-bond acceptors (Lipinski definition) is 9. The lowest BCUT2D eigenvalue weighted by atomic mass is 10.1. The minimum atomic E-state index is -4.12. The lowest BCUT2D eigenvalue weighted by Crippen LogP contribution is -2.36. The lowest BCUT2D eigenvalue weighted by molar-refractivity contribution is -0.384. The van der Waals surface area contributed by atoms with Crippen molar-refractivity contribution in [3.8, 4) is 0 Å². The number of nitrogens with two attached hydrogens (primary N) is 1. The number of nitro benzene ring substituents is 1. The summed E-state index contributed by atoms with van der Waals surface area (Å²) >= 11 is 0. The number of benzene rings is 1. The third-order valence-electron chi connectivity index (χ3n) is 4.22. The molecule has 27 heavy (non-hydrogen) atoms. The first kappa shape index (κ1) is 21.3. The summed E-state index contributed by atoms with van der Waals surface area (Å²) in [6.07, 6.45) is -0.555. The Balaban J connectivity index is 2.19. The van der Waals surface area contributed by atoms with Crippen molar-refractivity contribution in [2.45, 2.75) is 18.7 Å². The number of rotatable bonds is 8. The van der Waals surface area contributed by atoms with Gasteiger partial charge >= 0.3 is 5.97 Å². The average Bonchev–Trinajstić information content (AvgIpc) is 2.67. The van der Waals surface area contributed by atoms with Crippen molar-refractivity contribution < 1.29 is 33.9 Å². The van der Waals surface area contributed by atoms with Crippen molar-refractivity contribution in [3.63, 3.8) is 0 Å². The Kier molecular flexibility index (Phi) is 7.28. The van der Waals surface area contributed by atoms with E-state index in [9.17, 15) is 29.5 Å². The quantitative estimate of drug-likeness (QED) is 0.322. The van der Waals surface area contributed by atoms with E-state index in [0.717, 1.165) is 6.07 Å². The van der Waals surface area contributed by atoms with Gasteiger partial charge in [-0.1, -0.05) is 6.07 Å². The van der Waals surface area contributed by atoms with E-state index in [1.165, 1.54) is 12.1 Å². The summed E-state index contributed by atoms with van der Waals surface area (Å²) in [6.45, 7) is 1.86. The van der Waals surface area contributed by atoms with Gasteiger partial charge < -0.3 is 24.5 Å². The van der Waals surface area contributed by atoms with Gasteiger partial charge in [0.25, 0.3) is 5.69 Å². The molecule has 1 aliphatic heterocycles. The lowest BCUT2D eigenvalue weighted by Gasteiger charge is -2.29. The van der Waals surface area contributed by atoms with Gasteiger partial charge in [0.15, 0.2) is 5.85 Å². The van der Waals surface area contributed by atoms with Crippen LogP contribution in [0.5, 0.6) is 0 Å². The first-order chi connectivity index (χ1) is 12.8. The Hall–Kier alpha value is -2.04. The van der Waals surface area contributed by atoms with Gasteiger partial charge in [0.05, 0.1) is 18.1 Å². The summed E-state index contributed by atoms with van der Waals surface area (Å²) in [5, 5.41) is 21.7. The molecule has 11 nitrogen and oxygen atoms in total. The highest BCUT2D eigenvalue weighted by molar-refractivity contribution is 7.58. The number of anilines is 1. The maximum Gasteiger partial charge on any atom is 0.324 e. The highest BCUT2D eigenvalue weighted by atomic mass is 31.2. The number of morpholine rings is 1. The molecule has 0 aromatic heterocycles. The van der Waals surface area contributed by atoms with Crippen LogP contribution in [0.1, 0.15) is 24.3 Å². The largest absolute Gasteiger partial charge is 0.378 e. The monoisotopic (exact) mass is 403 g/mol. The van der Waals surface area contributed by atoms with Gasteiger partial charge in [0, 0.05) is 31.7 Å². The molecule has 2 rings (SSSR count). The normalized spacial score (nSPS) is 17.8. The zero-order chi connectivity index (χ0) is 20.0. The summed E-state index contributed by atoms with van der Waals surface area (Å²) in [5.41, 5.74) is 0.0591. The molecule has 1 heterocycles. The third-order valence-corrected chi connectivity index (χ3v) is 6.24. The molecule has 2 atom stereocenters. The van der Waals surface area contributed by atoms with Crippen LogP contribution in [0, 0.1) is 10.1 Å². The SMILES string of the molecule is NOC(=O)CCCP(=O)(O)[C@H](O)c1ccc(N2CCOCC2)c([N+](=O)[O-])c1. The summed E-state index contributed by atoms with van der Waals surface area (Å²) < 4.78 is 17.6. The Bertz CT molecular complexity index is 738. The van der Waals surface area contributed by atoms with Crippen LogP contribution < -0.4 is 10.8 Å². The molecule has 150 valence electrons. The van der Waals surface area contributed by atoms with E-state index >= 15 is 0 Å². The van der Waals surface area contributed by atoms with Crippen LogP contribution in [0.15, 0.2) is 18.2 Å². The first-order valence-electron chi connectivity index (χ1n) is 8.26. The maximum absolute atomic E-state index is 12.4. The molecule has 1 unspecified atom stereocenters. The zero-order valence-corrected chi connectivity index (χ0v) is 15.4. The number of carbonyl (C=O) groups excluding carboxylic acids is 1. The van der Waals surface area contributed by atoms with Crippen LogP contribution in [0.2, 0.25) is 0 Å². The number of aliphatic hydroxyl groups excluding tert-OH is 1. The fourth-order valence-electron chi connectivity index (χ4n) is 2.78. The predicted molar refractivity (Wildman–Crippen MR) is 95.3 cm³/mol. The smallest absolute Gasteiger partial charge is 0.324 e. The molecule has 0 saturated carbocycles. The van der Waals surface area contributed by atoms with Crippen LogP contribution in [-0.4, -0.2) is 53.4 Å². The standard InChI is InChI=1S/C15H22N3O8P/c16-26-14(19)2-1-9-27(23,24)15(20)11-3-4-12(13(10-11)18(21)22)17-5-7-25-8-6-17/h3-4,10,15,20H,1-2,5-9,16H2,(H,23,24)/t15-/m0/s1. The van der Waals surface area contributed by atoms with Crippen LogP contribution in [-0.2, 0) is 18.9 Å². The molecule has 12 heteroatoms. The van der Waals surface area contributed by atoms with Gasteiger partial charge in [-0.05, 0) is 18.1 Å². The second kappa shape index (κ2) is 9.25. The van der Waals surface area contributed by atoms with Gasteiger partial charge in [-0.15, -0.1) is 0 Å². The Morgan fingerprint density at radius 2 is 2.11 bits per heavy atom. The van der Waals surface area contributed by atoms with E-state index in [2.05, 4.69) is 10.7 Å². The second-order valence-corrected chi connectivity index (χ2v) is 8.50. The molecule has 0 radical (unpaired) electrons. The number of carbonyl (C=O) groups is 1. The van der Waals surface area contributed by atoms with E-state index in [-0.39, 0.29) is 30.3 Å². The van der Waals surface area contributed by atoms with Crippen LogP contribution in [0.3, 0.4) is 0 Å². The van der Waals surface area contributed by atoms with E-state index in [0.29, 0.717) is 32.0 Å². The Morgan fingerprint density at radius 1 is 1.44 bits per heavy atom. The van der Waals surface area contributed by atoms with Gasteiger partial charge in [-0.2, -0.15) is 5.90 Å². The molecule has 0 bridgehead atoms. The topological polar surface area (TPSA) is 165 Å². The molecular weight excluding hydrogens is 381 g/mol. The first-order valence-corrected chi connectivity index (χ1v) is 10.2. The molecule has 1 aromatic rings. The number of ether oxygens (including phenoxy) is 1. The average molecular weight is 403 g/mol. The number of aliphatic hydroxyl groups is 1. The number of nitro groups is 1. The molecule has 0 aliphatic carbocycles. The number of hydrogen-bond donors (Lipinski definition) is 3. The molecule has 1 saturated heterocycles. The van der Waals surface area contributed by atoms with E-state index < -0.39 is 24.1 Å². The van der Waals surface area contributed by atoms with E-state index in [1.807, 2.05) is 0 Å². The summed E-state index contributed by atoms with van der Waals surface area (Å²) in [5.74, 6) is 2.14. The molecule has 1 aliphatic rings. The molecule has 4 N–H and O–H groups in total. The van der Waals surface area contributed by atoms with Crippen molar-refractivity contribution in [1.82, 2.24) is 0 Å². The van der Waals surface area contributed by atoms with E-state index in [1.54, 1.807) is 4.90 Å². The molecular formula is C15H22N3O8P. The van der Waals surface area contributed by atoms with Crippen LogP contribution in [0.4, 0.5) is 11.4 Å². The highest BCUT2D eigenvalue weighted by Gasteiger charge is 2.32. The fraction of sp³-hybridized carbons (Fsp3) is 0.533. The van der Waals surface area contributed by atoms with Crippen molar-refractivity contribution in [2.75, 3.05) is 37.4 Å².